The molecule has 1 aromatic carbocycles. The van der Waals surface area contributed by atoms with Gasteiger partial charge in [0.05, 0.1) is 31.7 Å². The van der Waals surface area contributed by atoms with E-state index in [4.69, 9.17) is 13.9 Å². The molecule has 7 nitrogen and oxygen atoms in total. The highest BCUT2D eigenvalue weighted by Gasteiger charge is 2.22. The average molecular weight is 386 g/mol. The van der Waals surface area contributed by atoms with Crippen LogP contribution in [0.15, 0.2) is 34.9 Å². The number of methoxy groups -OCH3 is 2. The van der Waals surface area contributed by atoms with Gasteiger partial charge in [-0.3, -0.25) is 9.59 Å². The van der Waals surface area contributed by atoms with Crippen molar-refractivity contribution in [1.82, 2.24) is 5.32 Å². The second-order valence-electron chi connectivity index (χ2n) is 6.85. The predicted octanol–water partition coefficient (Wildman–Crippen LogP) is 4.00. The largest absolute Gasteiger partial charge is 0.493 e. The van der Waals surface area contributed by atoms with Crippen LogP contribution >= 0.6 is 0 Å². The van der Waals surface area contributed by atoms with Crippen LogP contribution in [-0.4, -0.2) is 32.1 Å². The zero-order valence-corrected chi connectivity index (χ0v) is 16.2. The van der Waals surface area contributed by atoms with E-state index in [0.717, 1.165) is 25.7 Å². The van der Waals surface area contributed by atoms with Crippen molar-refractivity contribution in [3.63, 3.8) is 0 Å². The normalized spacial score (nSPS) is 14.8. The van der Waals surface area contributed by atoms with Gasteiger partial charge in [-0.25, -0.2) is 0 Å². The summed E-state index contributed by atoms with van der Waals surface area (Å²) in [6, 6.07) is 6.49. The molecule has 0 radical (unpaired) electrons. The molecule has 2 amide bonds. The lowest BCUT2D eigenvalue weighted by molar-refractivity contribution is 0.0934. The van der Waals surface area contributed by atoms with Gasteiger partial charge in [-0.1, -0.05) is 25.7 Å². The summed E-state index contributed by atoms with van der Waals surface area (Å²) in [4.78, 5) is 25.4. The van der Waals surface area contributed by atoms with E-state index < -0.39 is 5.91 Å². The summed E-state index contributed by atoms with van der Waals surface area (Å²) in [5.74, 6) is 0.307. The Morgan fingerprint density at radius 3 is 2.29 bits per heavy atom. The summed E-state index contributed by atoms with van der Waals surface area (Å²) in [7, 11) is 3.01. The second kappa shape index (κ2) is 9.30. The smallest absolute Gasteiger partial charge is 0.291 e. The number of carbonyl (C=O) groups is 2. The van der Waals surface area contributed by atoms with Gasteiger partial charge in [-0.15, -0.1) is 0 Å². The third-order valence-corrected chi connectivity index (χ3v) is 4.95. The van der Waals surface area contributed by atoms with Gasteiger partial charge in [-0.2, -0.15) is 0 Å². The first kappa shape index (κ1) is 19.8. The summed E-state index contributed by atoms with van der Waals surface area (Å²) >= 11 is 0. The highest BCUT2D eigenvalue weighted by molar-refractivity contribution is 6.08. The van der Waals surface area contributed by atoms with E-state index in [1.807, 2.05) is 0 Å². The fourth-order valence-corrected chi connectivity index (χ4v) is 3.45. The molecule has 0 unspecified atom stereocenters. The van der Waals surface area contributed by atoms with E-state index in [2.05, 4.69) is 10.6 Å². The van der Waals surface area contributed by atoms with Crippen LogP contribution in [0.25, 0.3) is 0 Å². The van der Waals surface area contributed by atoms with E-state index in [-0.39, 0.29) is 17.7 Å². The van der Waals surface area contributed by atoms with Gasteiger partial charge in [0.2, 0.25) is 0 Å². The molecule has 150 valence electrons. The number of ether oxygens (including phenoxy) is 2. The number of hydrogen-bond donors (Lipinski definition) is 2. The number of rotatable bonds is 6. The van der Waals surface area contributed by atoms with Gasteiger partial charge in [0.1, 0.15) is 0 Å². The van der Waals surface area contributed by atoms with Crippen LogP contribution in [0.3, 0.4) is 0 Å². The predicted molar refractivity (Wildman–Crippen MR) is 105 cm³/mol. The van der Waals surface area contributed by atoms with Crippen molar-refractivity contribution in [3.8, 4) is 11.5 Å². The number of benzene rings is 1. The van der Waals surface area contributed by atoms with Crippen LogP contribution in [0.2, 0.25) is 0 Å². The van der Waals surface area contributed by atoms with Gasteiger partial charge >= 0.3 is 0 Å². The number of furan rings is 1. The zero-order chi connectivity index (χ0) is 19.9. The summed E-state index contributed by atoms with van der Waals surface area (Å²) in [5.41, 5.74) is 0.659. The Bertz CT molecular complexity index is 808. The molecule has 1 aliphatic carbocycles. The lowest BCUT2D eigenvalue weighted by Gasteiger charge is -2.19. The van der Waals surface area contributed by atoms with E-state index in [1.54, 1.807) is 24.3 Å². The quantitative estimate of drug-likeness (QED) is 0.733. The fraction of sp³-hybridized carbons (Fsp3) is 0.429. The van der Waals surface area contributed by atoms with Crippen molar-refractivity contribution in [3.05, 3.63) is 41.9 Å². The fourth-order valence-electron chi connectivity index (χ4n) is 3.45. The molecule has 1 saturated carbocycles. The monoisotopic (exact) mass is 386 g/mol. The second-order valence-corrected chi connectivity index (χ2v) is 6.85. The molecule has 1 aromatic heterocycles. The Labute approximate surface area is 164 Å². The summed E-state index contributed by atoms with van der Waals surface area (Å²) in [5, 5.41) is 5.84. The molecule has 0 saturated heterocycles. The van der Waals surface area contributed by atoms with Crippen molar-refractivity contribution < 1.29 is 23.5 Å². The Kier molecular flexibility index (Phi) is 6.57. The van der Waals surface area contributed by atoms with Crippen LogP contribution in [0.4, 0.5) is 5.69 Å². The molecule has 1 heterocycles. The first-order valence-electron chi connectivity index (χ1n) is 9.54. The van der Waals surface area contributed by atoms with Gasteiger partial charge in [0.15, 0.2) is 17.3 Å². The Morgan fingerprint density at radius 2 is 1.68 bits per heavy atom. The number of carbonyl (C=O) groups excluding carboxylic acids is 2. The Balaban J connectivity index is 1.88. The van der Waals surface area contributed by atoms with E-state index >= 15 is 0 Å². The molecule has 0 spiro atoms. The molecular formula is C21H26N2O5. The molecule has 3 rings (SSSR count). The summed E-state index contributed by atoms with van der Waals surface area (Å²) in [6.07, 6.45) is 7.97. The van der Waals surface area contributed by atoms with Crippen LogP contribution in [0.5, 0.6) is 11.5 Å². The molecular weight excluding hydrogens is 360 g/mol. The number of hydrogen-bond acceptors (Lipinski definition) is 5. The maximum Gasteiger partial charge on any atom is 0.291 e. The van der Waals surface area contributed by atoms with Gasteiger partial charge in [-0.05, 0) is 31.0 Å². The Morgan fingerprint density at radius 1 is 1.00 bits per heavy atom. The molecule has 28 heavy (non-hydrogen) atoms. The Hall–Kier alpha value is -2.96. The SMILES string of the molecule is COc1cc(NC(=O)c2ccco2)c(C(=O)NC2CCCCCC2)cc1OC. The molecule has 0 atom stereocenters. The van der Waals surface area contributed by atoms with Crippen molar-refractivity contribution in [2.45, 2.75) is 44.6 Å². The van der Waals surface area contributed by atoms with Gasteiger partial charge < -0.3 is 24.5 Å². The zero-order valence-electron chi connectivity index (χ0n) is 16.2. The highest BCUT2D eigenvalue weighted by atomic mass is 16.5. The lowest BCUT2D eigenvalue weighted by Crippen LogP contribution is -2.35. The van der Waals surface area contributed by atoms with E-state index in [0.29, 0.717) is 22.7 Å². The van der Waals surface area contributed by atoms with Crippen LogP contribution < -0.4 is 20.1 Å². The van der Waals surface area contributed by atoms with Crippen molar-refractivity contribution in [2.24, 2.45) is 0 Å². The summed E-state index contributed by atoms with van der Waals surface area (Å²) in [6.45, 7) is 0. The van der Waals surface area contributed by atoms with Gasteiger partial charge in [0, 0.05) is 12.1 Å². The highest BCUT2D eigenvalue weighted by Crippen LogP contribution is 2.34. The number of anilines is 1. The third kappa shape index (κ3) is 4.65. The van der Waals surface area contributed by atoms with Crippen molar-refractivity contribution >= 4 is 17.5 Å². The molecule has 1 fully saturated rings. The summed E-state index contributed by atoms with van der Waals surface area (Å²) < 4.78 is 15.8. The van der Waals surface area contributed by atoms with Crippen LogP contribution in [0, 0.1) is 0 Å². The molecule has 7 heteroatoms. The number of amides is 2. The van der Waals surface area contributed by atoms with E-state index in [9.17, 15) is 9.59 Å². The minimum absolute atomic E-state index is 0.136. The minimum atomic E-state index is -0.444. The molecule has 2 aromatic rings. The maximum absolute atomic E-state index is 13.0. The number of nitrogens with one attached hydrogen (secondary N) is 2. The minimum Gasteiger partial charge on any atom is -0.493 e. The third-order valence-electron chi connectivity index (χ3n) is 4.95. The first-order chi connectivity index (χ1) is 13.6. The maximum atomic E-state index is 13.0. The van der Waals surface area contributed by atoms with Crippen LogP contribution in [-0.2, 0) is 0 Å². The first-order valence-corrected chi connectivity index (χ1v) is 9.54. The lowest BCUT2D eigenvalue weighted by atomic mass is 10.1. The van der Waals surface area contributed by atoms with Crippen molar-refractivity contribution in [1.29, 1.82) is 0 Å². The van der Waals surface area contributed by atoms with Crippen molar-refractivity contribution in [2.75, 3.05) is 19.5 Å². The molecule has 0 bridgehead atoms. The molecule has 1 aliphatic rings. The standard InChI is InChI=1S/C21H26N2O5/c1-26-18-12-15(20(24)22-14-8-5-3-4-6-9-14)16(13-19(18)27-2)23-21(25)17-10-7-11-28-17/h7,10-14H,3-6,8-9H2,1-2H3,(H,22,24)(H,23,25). The topological polar surface area (TPSA) is 89.8 Å². The molecule has 0 aliphatic heterocycles. The van der Waals surface area contributed by atoms with Crippen LogP contribution in [0.1, 0.15) is 59.4 Å². The average Bonchev–Trinajstić information content (AvgIpc) is 3.13. The molecule has 2 N–H and O–H groups in total. The van der Waals surface area contributed by atoms with E-state index in [1.165, 1.54) is 33.3 Å². The van der Waals surface area contributed by atoms with Gasteiger partial charge in [0.25, 0.3) is 11.8 Å².